The quantitative estimate of drug-likeness (QED) is 0.846. The molecule has 1 heteroatoms. The summed E-state index contributed by atoms with van der Waals surface area (Å²) in [5.41, 5.74) is 1.42. The zero-order chi connectivity index (χ0) is 13.9. The molecule has 106 valence electrons. The van der Waals surface area contributed by atoms with Crippen molar-refractivity contribution in [3.63, 3.8) is 0 Å². The third-order valence-electron chi connectivity index (χ3n) is 4.64. The molecule has 1 aliphatic carbocycles. The van der Waals surface area contributed by atoms with E-state index in [0.29, 0.717) is 6.04 Å². The molecule has 2 aromatic rings. The summed E-state index contributed by atoms with van der Waals surface area (Å²) >= 11 is 0. The van der Waals surface area contributed by atoms with Crippen molar-refractivity contribution in [3.8, 4) is 0 Å². The molecule has 2 aromatic carbocycles. The standard InChI is InChI=1S/C19H25N/c1-14-10-15(2)12-18(11-14)20-13-17-8-5-7-16-6-3-4-9-19(16)17/h3-9,14-15,18,20H,10-13H2,1-2H3. The van der Waals surface area contributed by atoms with E-state index in [1.807, 2.05) is 0 Å². The second-order valence-electron chi connectivity index (χ2n) is 6.63. The van der Waals surface area contributed by atoms with E-state index in [1.165, 1.54) is 35.6 Å². The first-order valence-corrected chi connectivity index (χ1v) is 7.92. The molecule has 3 rings (SSSR count). The van der Waals surface area contributed by atoms with E-state index in [9.17, 15) is 0 Å². The number of fused-ring (bicyclic) bond motifs is 1. The van der Waals surface area contributed by atoms with Gasteiger partial charge < -0.3 is 5.32 Å². The molecule has 0 aromatic heterocycles. The normalized spacial score (nSPS) is 26.8. The molecule has 1 N–H and O–H groups in total. The molecule has 0 aliphatic heterocycles. The molecule has 0 saturated heterocycles. The minimum Gasteiger partial charge on any atom is -0.310 e. The Hall–Kier alpha value is -1.34. The fourth-order valence-corrected chi connectivity index (χ4v) is 3.81. The zero-order valence-corrected chi connectivity index (χ0v) is 12.6. The van der Waals surface area contributed by atoms with Crippen LogP contribution in [-0.4, -0.2) is 6.04 Å². The van der Waals surface area contributed by atoms with Gasteiger partial charge in [-0.25, -0.2) is 0 Å². The SMILES string of the molecule is CC1CC(C)CC(NCc2cccc3ccccc23)C1. The summed E-state index contributed by atoms with van der Waals surface area (Å²) in [4.78, 5) is 0. The highest BCUT2D eigenvalue weighted by molar-refractivity contribution is 5.85. The lowest BCUT2D eigenvalue weighted by Gasteiger charge is -2.32. The van der Waals surface area contributed by atoms with E-state index >= 15 is 0 Å². The number of hydrogen-bond donors (Lipinski definition) is 1. The van der Waals surface area contributed by atoms with Gasteiger partial charge in [-0.15, -0.1) is 0 Å². The van der Waals surface area contributed by atoms with Crippen LogP contribution in [0.5, 0.6) is 0 Å². The van der Waals surface area contributed by atoms with Crippen molar-refractivity contribution in [1.29, 1.82) is 0 Å². The van der Waals surface area contributed by atoms with E-state index in [1.54, 1.807) is 0 Å². The Labute approximate surface area is 122 Å². The smallest absolute Gasteiger partial charge is 0.0214 e. The number of benzene rings is 2. The van der Waals surface area contributed by atoms with Crippen LogP contribution >= 0.6 is 0 Å². The highest BCUT2D eigenvalue weighted by Gasteiger charge is 2.23. The Morgan fingerprint density at radius 3 is 2.40 bits per heavy atom. The summed E-state index contributed by atoms with van der Waals surface area (Å²) in [5.74, 6) is 1.73. The van der Waals surface area contributed by atoms with E-state index in [-0.39, 0.29) is 0 Å². The van der Waals surface area contributed by atoms with E-state index in [2.05, 4.69) is 61.6 Å². The molecule has 0 amide bonds. The molecule has 1 fully saturated rings. The molecular formula is C19H25N. The topological polar surface area (TPSA) is 12.0 Å². The Kier molecular flexibility index (Phi) is 4.07. The second-order valence-corrected chi connectivity index (χ2v) is 6.63. The molecule has 2 unspecified atom stereocenters. The lowest BCUT2D eigenvalue weighted by atomic mass is 9.80. The van der Waals surface area contributed by atoms with Crippen LogP contribution in [0.4, 0.5) is 0 Å². The maximum absolute atomic E-state index is 3.79. The van der Waals surface area contributed by atoms with Gasteiger partial charge in [-0.1, -0.05) is 56.3 Å². The average molecular weight is 267 g/mol. The summed E-state index contributed by atoms with van der Waals surface area (Å²) in [7, 11) is 0. The molecule has 0 bridgehead atoms. The van der Waals surface area contributed by atoms with E-state index < -0.39 is 0 Å². The highest BCUT2D eigenvalue weighted by Crippen LogP contribution is 2.29. The van der Waals surface area contributed by atoms with Crippen molar-refractivity contribution < 1.29 is 0 Å². The first-order chi connectivity index (χ1) is 9.72. The zero-order valence-electron chi connectivity index (χ0n) is 12.6. The van der Waals surface area contributed by atoms with Crippen molar-refractivity contribution in [3.05, 3.63) is 48.0 Å². The van der Waals surface area contributed by atoms with Gasteiger partial charge in [-0.3, -0.25) is 0 Å². The molecule has 20 heavy (non-hydrogen) atoms. The molecule has 1 nitrogen and oxygen atoms in total. The molecule has 2 atom stereocenters. The first kappa shape index (κ1) is 13.6. The van der Waals surface area contributed by atoms with Gasteiger partial charge in [-0.2, -0.15) is 0 Å². The Balaban J connectivity index is 1.71. The lowest BCUT2D eigenvalue weighted by molar-refractivity contribution is 0.238. The highest BCUT2D eigenvalue weighted by atomic mass is 14.9. The van der Waals surface area contributed by atoms with Gasteiger partial charge in [0.1, 0.15) is 0 Å². The third-order valence-corrected chi connectivity index (χ3v) is 4.64. The minimum absolute atomic E-state index is 0.688. The van der Waals surface area contributed by atoms with E-state index in [4.69, 9.17) is 0 Å². The predicted octanol–water partition coefficient (Wildman–Crippen LogP) is 4.75. The van der Waals surface area contributed by atoms with Crippen LogP contribution in [0.1, 0.15) is 38.7 Å². The van der Waals surface area contributed by atoms with Crippen LogP contribution in [0.3, 0.4) is 0 Å². The Morgan fingerprint density at radius 1 is 0.900 bits per heavy atom. The van der Waals surface area contributed by atoms with Crippen LogP contribution in [0.15, 0.2) is 42.5 Å². The monoisotopic (exact) mass is 267 g/mol. The fourth-order valence-electron chi connectivity index (χ4n) is 3.81. The van der Waals surface area contributed by atoms with Crippen molar-refractivity contribution in [2.24, 2.45) is 11.8 Å². The molecule has 0 heterocycles. The molecule has 0 radical (unpaired) electrons. The average Bonchev–Trinajstić information content (AvgIpc) is 2.44. The third kappa shape index (κ3) is 3.04. The van der Waals surface area contributed by atoms with Crippen LogP contribution in [0.2, 0.25) is 0 Å². The Morgan fingerprint density at radius 2 is 1.60 bits per heavy atom. The van der Waals surface area contributed by atoms with Gasteiger partial charge >= 0.3 is 0 Å². The van der Waals surface area contributed by atoms with Gasteiger partial charge in [0.15, 0.2) is 0 Å². The van der Waals surface area contributed by atoms with Crippen molar-refractivity contribution in [2.45, 2.75) is 45.7 Å². The lowest BCUT2D eigenvalue weighted by Crippen LogP contribution is -2.35. The van der Waals surface area contributed by atoms with Gasteiger partial charge in [0.2, 0.25) is 0 Å². The van der Waals surface area contributed by atoms with Crippen LogP contribution in [-0.2, 0) is 6.54 Å². The van der Waals surface area contributed by atoms with Crippen molar-refractivity contribution >= 4 is 10.8 Å². The van der Waals surface area contributed by atoms with Crippen LogP contribution in [0, 0.1) is 11.8 Å². The van der Waals surface area contributed by atoms with Gasteiger partial charge in [0, 0.05) is 12.6 Å². The summed E-state index contributed by atoms with van der Waals surface area (Å²) in [6.07, 6.45) is 4.05. The van der Waals surface area contributed by atoms with Gasteiger partial charge in [0.05, 0.1) is 0 Å². The molecular weight excluding hydrogens is 242 g/mol. The number of rotatable bonds is 3. The maximum Gasteiger partial charge on any atom is 0.0214 e. The summed E-state index contributed by atoms with van der Waals surface area (Å²) in [6.45, 7) is 5.77. The maximum atomic E-state index is 3.79. The van der Waals surface area contributed by atoms with Gasteiger partial charge in [0.25, 0.3) is 0 Å². The molecule has 0 spiro atoms. The number of hydrogen-bond acceptors (Lipinski definition) is 1. The van der Waals surface area contributed by atoms with E-state index in [0.717, 1.165) is 18.4 Å². The minimum atomic E-state index is 0.688. The summed E-state index contributed by atoms with van der Waals surface area (Å²) in [5, 5.41) is 6.52. The largest absolute Gasteiger partial charge is 0.310 e. The molecule has 1 aliphatic rings. The predicted molar refractivity (Wildman–Crippen MR) is 86.8 cm³/mol. The van der Waals surface area contributed by atoms with Crippen LogP contribution in [0.25, 0.3) is 10.8 Å². The van der Waals surface area contributed by atoms with Crippen molar-refractivity contribution in [2.75, 3.05) is 0 Å². The number of nitrogens with one attached hydrogen (secondary N) is 1. The summed E-state index contributed by atoms with van der Waals surface area (Å²) < 4.78 is 0. The fraction of sp³-hybridized carbons (Fsp3) is 0.474. The first-order valence-electron chi connectivity index (χ1n) is 7.92. The van der Waals surface area contributed by atoms with Crippen molar-refractivity contribution in [1.82, 2.24) is 5.32 Å². The van der Waals surface area contributed by atoms with Crippen LogP contribution < -0.4 is 5.32 Å². The summed E-state index contributed by atoms with van der Waals surface area (Å²) in [6, 6.07) is 16.0. The second kappa shape index (κ2) is 5.97. The van der Waals surface area contributed by atoms with Gasteiger partial charge in [-0.05, 0) is 47.4 Å². The molecule has 1 saturated carbocycles. The Bertz CT molecular complexity index is 559.